The van der Waals surface area contributed by atoms with E-state index in [0.717, 1.165) is 0 Å². The molecular weight excluding hydrogens is 406 g/mol. The number of carboxylic acids is 1. The van der Waals surface area contributed by atoms with Gasteiger partial charge in [0.25, 0.3) is 0 Å². The Morgan fingerprint density at radius 2 is 1.67 bits per heavy atom. The van der Waals surface area contributed by atoms with Gasteiger partial charge in [0.15, 0.2) is 0 Å². The minimum Gasteiger partial charge on any atom is -0.505 e. The van der Waals surface area contributed by atoms with Crippen LogP contribution in [0.3, 0.4) is 0 Å². The predicted octanol–water partition coefficient (Wildman–Crippen LogP) is 2.89. The summed E-state index contributed by atoms with van der Waals surface area (Å²) in [6.45, 7) is 1.65. The van der Waals surface area contributed by atoms with Gasteiger partial charge in [0.05, 0.1) is 16.2 Å². The molecule has 152 valence electrons. The van der Waals surface area contributed by atoms with Crippen LogP contribution in [-0.2, 0) is 21.1 Å². The number of phenols is 1. The molecule has 8 nitrogen and oxygen atoms in total. The number of sulfone groups is 1. The molecule has 2 N–H and O–H groups in total. The van der Waals surface area contributed by atoms with Crippen LogP contribution in [0.5, 0.6) is 5.75 Å². The minimum absolute atomic E-state index is 0.0771. The maximum Gasteiger partial charge on any atom is 0.307 e. The van der Waals surface area contributed by atoms with E-state index in [4.69, 9.17) is 5.11 Å². The van der Waals surface area contributed by atoms with Crippen molar-refractivity contribution in [2.45, 2.75) is 23.1 Å². The number of carbonyl (C=O) groups is 1. The second-order valence-electron chi connectivity index (χ2n) is 6.81. The van der Waals surface area contributed by atoms with Gasteiger partial charge in [-0.05, 0) is 54.4 Å². The summed E-state index contributed by atoms with van der Waals surface area (Å²) in [7, 11) is -3.71. The summed E-state index contributed by atoms with van der Waals surface area (Å²) < 4.78 is 25.7. The first-order valence-electron chi connectivity index (χ1n) is 8.97. The summed E-state index contributed by atoms with van der Waals surface area (Å²) >= 11 is 0. The second-order valence-corrected chi connectivity index (χ2v) is 8.76. The molecule has 4 aromatic rings. The Labute approximate surface area is 171 Å². The van der Waals surface area contributed by atoms with Crippen LogP contribution in [-0.4, -0.2) is 39.6 Å². The molecule has 0 saturated heterocycles. The molecule has 0 unspecified atom stereocenters. The van der Waals surface area contributed by atoms with Gasteiger partial charge in [0.1, 0.15) is 22.5 Å². The fraction of sp³-hybridized carbons (Fsp3) is 0.0952. The van der Waals surface area contributed by atoms with Crippen molar-refractivity contribution in [3.05, 3.63) is 71.8 Å². The number of aromatic nitrogens is 3. The fourth-order valence-corrected chi connectivity index (χ4v) is 4.47. The highest BCUT2D eigenvalue weighted by molar-refractivity contribution is 7.91. The van der Waals surface area contributed by atoms with E-state index in [0.29, 0.717) is 22.2 Å². The second kappa shape index (κ2) is 7.27. The van der Waals surface area contributed by atoms with Crippen molar-refractivity contribution in [2.75, 3.05) is 0 Å². The van der Waals surface area contributed by atoms with Crippen LogP contribution in [0.1, 0.15) is 11.1 Å². The number of rotatable bonds is 5. The van der Waals surface area contributed by atoms with Gasteiger partial charge >= 0.3 is 5.97 Å². The highest BCUT2D eigenvalue weighted by atomic mass is 32.2. The molecule has 0 fully saturated rings. The minimum atomic E-state index is -3.71. The molecule has 1 aromatic heterocycles. The van der Waals surface area contributed by atoms with Gasteiger partial charge < -0.3 is 10.2 Å². The summed E-state index contributed by atoms with van der Waals surface area (Å²) in [6, 6.07) is 15.6. The Morgan fingerprint density at radius 3 is 2.37 bits per heavy atom. The smallest absolute Gasteiger partial charge is 0.307 e. The Hall–Kier alpha value is -3.72. The number of phenolic OH excluding ortho intramolecular Hbond substituents is 1. The maximum atomic E-state index is 12.8. The highest BCUT2D eigenvalue weighted by Gasteiger charge is 2.19. The Kier molecular flexibility index (Phi) is 4.75. The van der Waals surface area contributed by atoms with E-state index in [2.05, 4.69) is 10.2 Å². The number of aryl methyl sites for hydroxylation is 1. The topological polar surface area (TPSA) is 122 Å². The molecule has 3 aromatic carbocycles. The first-order valence-corrected chi connectivity index (χ1v) is 10.5. The van der Waals surface area contributed by atoms with Crippen LogP contribution in [0.2, 0.25) is 0 Å². The van der Waals surface area contributed by atoms with E-state index >= 15 is 0 Å². The average molecular weight is 423 g/mol. The summed E-state index contributed by atoms with van der Waals surface area (Å²) in [5.74, 6) is -1.08. The molecule has 0 bridgehead atoms. The van der Waals surface area contributed by atoms with Crippen molar-refractivity contribution < 1.29 is 23.4 Å². The molecule has 0 radical (unpaired) electrons. The lowest BCUT2D eigenvalue weighted by Crippen LogP contribution is -2.05. The molecule has 0 saturated carbocycles. The van der Waals surface area contributed by atoms with Crippen molar-refractivity contribution in [1.29, 1.82) is 0 Å². The standard InChI is InChI=1S/C21H17N3O5S/c1-13-9-14(11-20(25)26)10-19(21(13)27)24-22-17-8-7-16(12-18(17)23-24)30(28,29)15-5-3-2-4-6-15/h2-10,12,27H,11H2,1H3,(H,25,26). The Bertz CT molecular complexity index is 1380. The van der Waals surface area contributed by atoms with Crippen LogP contribution in [0.4, 0.5) is 0 Å². The third-order valence-corrected chi connectivity index (χ3v) is 6.39. The largest absolute Gasteiger partial charge is 0.505 e. The lowest BCUT2D eigenvalue weighted by Gasteiger charge is -2.08. The van der Waals surface area contributed by atoms with Crippen LogP contribution >= 0.6 is 0 Å². The number of aliphatic carboxylic acids is 1. The summed E-state index contributed by atoms with van der Waals surface area (Å²) in [5, 5.41) is 28.1. The SMILES string of the molecule is Cc1cc(CC(=O)O)cc(-n2nc3ccc(S(=O)(=O)c4ccccc4)cc3n2)c1O. The van der Waals surface area contributed by atoms with Crippen LogP contribution in [0, 0.1) is 6.92 Å². The first kappa shape index (κ1) is 19.6. The van der Waals surface area contributed by atoms with E-state index in [-0.39, 0.29) is 27.6 Å². The van der Waals surface area contributed by atoms with Crippen LogP contribution < -0.4 is 0 Å². The van der Waals surface area contributed by atoms with E-state index in [1.165, 1.54) is 35.1 Å². The Balaban J connectivity index is 1.81. The van der Waals surface area contributed by atoms with Crippen molar-refractivity contribution in [2.24, 2.45) is 0 Å². The number of hydrogen-bond donors (Lipinski definition) is 2. The Morgan fingerprint density at radius 1 is 0.967 bits per heavy atom. The van der Waals surface area contributed by atoms with E-state index < -0.39 is 15.8 Å². The van der Waals surface area contributed by atoms with Gasteiger partial charge in [-0.3, -0.25) is 4.79 Å². The molecule has 0 aliphatic heterocycles. The molecule has 0 spiro atoms. The van der Waals surface area contributed by atoms with Gasteiger partial charge in [-0.25, -0.2) is 8.42 Å². The average Bonchev–Trinajstić information content (AvgIpc) is 3.14. The molecular formula is C21H17N3O5S. The molecule has 0 amide bonds. The molecule has 4 rings (SSSR count). The third kappa shape index (κ3) is 3.50. The highest BCUT2D eigenvalue weighted by Crippen LogP contribution is 2.29. The predicted molar refractivity (Wildman–Crippen MR) is 109 cm³/mol. The van der Waals surface area contributed by atoms with Crippen LogP contribution in [0.15, 0.2) is 70.5 Å². The summed E-state index contributed by atoms with van der Waals surface area (Å²) in [5.41, 5.74) is 1.95. The summed E-state index contributed by atoms with van der Waals surface area (Å²) in [6.07, 6.45) is -0.214. The first-order chi connectivity index (χ1) is 14.3. The molecule has 9 heteroatoms. The number of aromatic hydroxyl groups is 1. The molecule has 30 heavy (non-hydrogen) atoms. The number of benzene rings is 3. The van der Waals surface area contributed by atoms with Gasteiger partial charge in [-0.15, -0.1) is 15.0 Å². The normalized spacial score (nSPS) is 11.6. The number of hydrogen-bond acceptors (Lipinski definition) is 6. The van der Waals surface area contributed by atoms with E-state index in [1.807, 2.05) is 0 Å². The zero-order valence-corrected chi connectivity index (χ0v) is 16.7. The molecule has 0 aliphatic carbocycles. The van der Waals surface area contributed by atoms with Gasteiger partial charge in [-0.2, -0.15) is 0 Å². The maximum absolute atomic E-state index is 12.8. The summed E-state index contributed by atoms with van der Waals surface area (Å²) in [4.78, 5) is 12.5. The zero-order chi connectivity index (χ0) is 21.5. The van der Waals surface area contributed by atoms with Crippen molar-refractivity contribution in [3.63, 3.8) is 0 Å². The number of carboxylic acid groups (broad SMARTS) is 1. The molecule has 0 aliphatic rings. The lowest BCUT2D eigenvalue weighted by molar-refractivity contribution is -0.136. The fourth-order valence-electron chi connectivity index (χ4n) is 3.17. The van der Waals surface area contributed by atoms with E-state index in [9.17, 15) is 18.3 Å². The molecule has 0 atom stereocenters. The van der Waals surface area contributed by atoms with E-state index in [1.54, 1.807) is 37.3 Å². The number of nitrogens with zero attached hydrogens (tertiary/aromatic N) is 3. The molecule has 1 heterocycles. The van der Waals surface area contributed by atoms with Crippen molar-refractivity contribution in [1.82, 2.24) is 15.0 Å². The third-order valence-electron chi connectivity index (χ3n) is 4.63. The van der Waals surface area contributed by atoms with Crippen LogP contribution in [0.25, 0.3) is 16.7 Å². The van der Waals surface area contributed by atoms with Crippen molar-refractivity contribution in [3.8, 4) is 11.4 Å². The van der Waals surface area contributed by atoms with Gasteiger partial charge in [-0.1, -0.05) is 24.3 Å². The zero-order valence-electron chi connectivity index (χ0n) is 15.8. The monoisotopic (exact) mass is 423 g/mol. The van der Waals surface area contributed by atoms with Crippen molar-refractivity contribution >= 4 is 26.8 Å². The number of fused-ring (bicyclic) bond motifs is 1. The van der Waals surface area contributed by atoms with Gasteiger partial charge in [0, 0.05) is 0 Å². The van der Waals surface area contributed by atoms with Gasteiger partial charge in [0.2, 0.25) is 9.84 Å². The lowest BCUT2D eigenvalue weighted by atomic mass is 10.1. The quantitative estimate of drug-likeness (QED) is 0.506.